The van der Waals surface area contributed by atoms with E-state index in [9.17, 15) is 4.79 Å². The van der Waals surface area contributed by atoms with Crippen LogP contribution in [-0.2, 0) is 4.79 Å². The molecule has 0 aromatic rings. The molecule has 1 heterocycles. The predicted octanol–water partition coefficient (Wildman–Crippen LogP) is 1.06. The maximum absolute atomic E-state index is 11.0. The first-order valence-electron chi connectivity index (χ1n) is 6.58. The molecule has 2 fully saturated rings. The molecule has 1 saturated carbocycles. The lowest BCUT2D eigenvalue weighted by molar-refractivity contribution is -0.122. The topological polar surface area (TPSA) is 53.2 Å². The number of carbonyl (C=O) groups is 1. The minimum Gasteiger partial charge on any atom is -0.360 e. The molecule has 1 saturated heterocycles. The van der Waals surface area contributed by atoms with Gasteiger partial charge in [-0.2, -0.15) is 0 Å². The third kappa shape index (κ3) is 4.15. The standard InChI is InChI=1S/C12H21N3OS/c16-11-7-6-10(8-13-11)15-12(17)14-9-4-2-1-3-5-9/h9-10H,1-8H2,(H,13,16)(H2,14,15,17). The summed E-state index contributed by atoms with van der Waals surface area (Å²) < 4.78 is 0. The van der Waals surface area contributed by atoms with E-state index < -0.39 is 0 Å². The van der Waals surface area contributed by atoms with Gasteiger partial charge in [0.1, 0.15) is 0 Å². The maximum Gasteiger partial charge on any atom is 0.220 e. The summed E-state index contributed by atoms with van der Waals surface area (Å²) in [6.45, 7) is 0.686. The molecule has 1 aliphatic carbocycles. The molecule has 96 valence electrons. The van der Waals surface area contributed by atoms with Crippen LogP contribution in [0.15, 0.2) is 0 Å². The Balaban J connectivity index is 1.67. The second-order valence-corrected chi connectivity index (χ2v) is 5.40. The molecular formula is C12H21N3OS. The van der Waals surface area contributed by atoms with Crippen molar-refractivity contribution in [1.82, 2.24) is 16.0 Å². The Hall–Kier alpha value is -0.840. The van der Waals surface area contributed by atoms with Crippen LogP contribution in [0.4, 0.5) is 0 Å². The summed E-state index contributed by atoms with van der Waals surface area (Å²) in [5.41, 5.74) is 0. The van der Waals surface area contributed by atoms with Crippen LogP contribution in [0.1, 0.15) is 44.9 Å². The van der Waals surface area contributed by atoms with E-state index in [4.69, 9.17) is 12.2 Å². The van der Waals surface area contributed by atoms with Crippen LogP contribution < -0.4 is 16.0 Å². The summed E-state index contributed by atoms with van der Waals surface area (Å²) in [7, 11) is 0. The fourth-order valence-electron chi connectivity index (χ4n) is 2.52. The van der Waals surface area contributed by atoms with E-state index >= 15 is 0 Å². The van der Waals surface area contributed by atoms with Crippen LogP contribution in [0, 0.1) is 0 Å². The normalized spacial score (nSPS) is 26.1. The Bertz CT molecular complexity index is 279. The quantitative estimate of drug-likeness (QED) is 0.646. The molecule has 0 radical (unpaired) electrons. The highest BCUT2D eigenvalue weighted by Gasteiger charge is 2.19. The minimum absolute atomic E-state index is 0.147. The van der Waals surface area contributed by atoms with Crippen molar-refractivity contribution in [3.05, 3.63) is 0 Å². The van der Waals surface area contributed by atoms with Crippen molar-refractivity contribution in [3.63, 3.8) is 0 Å². The number of piperidine rings is 1. The van der Waals surface area contributed by atoms with E-state index in [1.807, 2.05) is 0 Å². The molecule has 2 rings (SSSR count). The van der Waals surface area contributed by atoms with Crippen molar-refractivity contribution >= 4 is 23.2 Å². The summed E-state index contributed by atoms with van der Waals surface area (Å²) in [5, 5.41) is 10.3. The highest BCUT2D eigenvalue weighted by atomic mass is 32.1. The van der Waals surface area contributed by atoms with Crippen molar-refractivity contribution < 1.29 is 4.79 Å². The molecule has 1 aliphatic heterocycles. The van der Waals surface area contributed by atoms with E-state index in [2.05, 4.69) is 16.0 Å². The lowest BCUT2D eigenvalue weighted by Crippen LogP contribution is -2.52. The molecular weight excluding hydrogens is 234 g/mol. The molecule has 0 aromatic carbocycles. The van der Waals surface area contributed by atoms with Gasteiger partial charge in [-0.1, -0.05) is 19.3 Å². The molecule has 0 aromatic heterocycles. The number of hydrogen-bond acceptors (Lipinski definition) is 2. The number of thiocarbonyl (C=S) groups is 1. The third-order valence-corrected chi connectivity index (χ3v) is 3.78. The summed E-state index contributed by atoms with van der Waals surface area (Å²) in [6, 6.07) is 0.832. The first kappa shape index (κ1) is 12.6. The Kier molecular flexibility index (Phi) is 4.59. The fraction of sp³-hybridized carbons (Fsp3) is 0.833. The van der Waals surface area contributed by atoms with Crippen LogP contribution in [0.2, 0.25) is 0 Å². The van der Waals surface area contributed by atoms with Crippen molar-refractivity contribution in [2.24, 2.45) is 0 Å². The molecule has 2 aliphatic rings. The number of hydrogen-bond donors (Lipinski definition) is 3. The van der Waals surface area contributed by atoms with Crippen LogP contribution in [-0.4, -0.2) is 29.6 Å². The molecule has 0 spiro atoms. The number of amides is 1. The summed E-state index contributed by atoms with van der Waals surface area (Å²) in [6.07, 6.45) is 7.89. The average molecular weight is 255 g/mol. The van der Waals surface area contributed by atoms with E-state index in [1.54, 1.807) is 0 Å². The van der Waals surface area contributed by atoms with Crippen molar-refractivity contribution in [3.8, 4) is 0 Å². The first-order chi connectivity index (χ1) is 8.24. The molecule has 1 unspecified atom stereocenters. The van der Waals surface area contributed by atoms with Crippen molar-refractivity contribution in [2.45, 2.75) is 57.0 Å². The number of carbonyl (C=O) groups excluding carboxylic acids is 1. The second-order valence-electron chi connectivity index (χ2n) is 4.99. The summed E-state index contributed by atoms with van der Waals surface area (Å²) in [4.78, 5) is 11.0. The molecule has 1 atom stereocenters. The largest absolute Gasteiger partial charge is 0.360 e. The van der Waals surface area contributed by atoms with Gasteiger partial charge in [0.15, 0.2) is 5.11 Å². The van der Waals surface area contributed by atoms with Gasteiger partial charge in [0, 0.05) is 25.0 Å². The zero-order valence-corrected chi connectivity index (χ0v) is 10.9. The number of rotatable bonds is 2. The van der Waals surface area contributed by atoms with Crippen LogP contribution >= 0.6 is 12.2 Å². The van der Waals surface area contributed by atoms with Gasteiger partial charge in [0.2, 0.25) is 5.91 Å². The predicted molar refractivity (Wildman–Crippen MR) is 71.8 cm³/mol. The first-order valence-corrected chi connectivity index (χ1v) is 6.98. The molecule has 1 amide bonds. The van der Waals surface area contributed by atoms with E-state index in [0.717, 1.165) is 11.5 Å². The van der Waals surface area contributed by atoms with Gasteiger partial charge in [-0.3, -0.25) is 4.79 Å². The van der Waals surface area contributed by atoms with Gasteiger partial charge in [0.25, 0.3) is 0 Å². The maximum atomic E-state index is 11.0. The lowest BCUT2D eigenvalue weighted by atomic mass is 9.96. The van der Waals surface area contributed by atoms with Gasteiger partial charge in [-0.25, -0.2) is 0 Å². The summed E-state index contributed by atoms with van der Waals surface area (Å²) >= 11 is 5.31. The number of nitrogens with one attached hydrogen (secondary N) is 3. The van der Waals surface area contributed by atoms with Crippen LogP contribution in [0.5, 0.6) is 0 Å². The van der Waals surface area contributed by atoms with Crippen molar-refractivity contribution in [2.75, 3.05) is 6.54 Å². The van der Waals surface area contributed by atoms with Gasteiger partial charge in [-0.15, -0.1) is 0 Å². The minimum atomic E-state index is 0.147. The average Bonchev–Trinajstić information content (AvgIpc) is 2.33. The molecule has 17 heavy (non-hydrogen) atoms. The van der Waals surface area contributed by atoms with Gasteiger partial charge >= 0.3 is 0 Å². The Labute approximate surface area is 108 Å². The van der Waals surface area contributed by atoms with Crippen LogP contribution in [0.3, 0.4) is 0 Å². The van der Waals surface area contributed by atoms with Gasteiger partial charge in [-0.05, 0) is 31.5 Å². The zero-order valence-electron chi connectivity index (χ0n) is 10.1. The third-order valence-electron chi connectivity index (χ3n) is 3.54. The Morgan fingerprint density at radius 2 is 1.82 bits per heavy atom. The summed E-state index contributed by atoms with van der Waals surface area (Å²) in [5.74, 6) is 0.147. The molecule has 5 heteroatoms. The van der Waals surface area contributed by atoms with E-state index in [1.165, 1.54) is 32.1 Å². The molecule has 4 nitrogen and oxygen atoms in total. The fourth-order valence-corrected chi connectivity index (χ4v) is 2.85. The molecule has 0 bridgehead atoms. The van der Waals surface area contributed by atoms with Crippen LogP contribution in [0.25, 0.3) is 0 Å². The van der Waals surface area contributed by atoms with E-state index in [-0.39, 0.29) is 11.9 Å². The molecule has 3 N–H and O–H groups in total. The Morgan fingerprint density at radius 1 is 1.12 bits per heavy atom. The smallest absolute Gasteiger partial charge is 0.220 e. The lowest BCUT2D eigenvalue weighted by Gasteiger charge is -2.28. The van der Waals surface area contributed by atoms with Crippen molar-refractivity contribution in [1.29, 1.82) is 0 Å². The Morgan fingerprint density at radius 3 is 2.47 bits per heavy atom. The van der Waals surface area contributed by atoms with Gasteiger partial charge < -0.3 is 16.0 Å². The second kappa shape index (κ2) is 6.19. The highest BCUT2D eigenvalue weighted by Crippen LogP contribution is 2.17. The highest BCUT2D eigenvalue weighted by molar-refractivity contribution is 7.80. The SMILES string of the molecule is O=C1CCC(NC(=S)NC2CCCCC2)CN1. The monoisotopic (exact) mass is 255 g/mol. The zero-order chi connectivity index (χ0) is 12.1. The van der Waals surface area contributed by atoms with Gasteiger partial charge in [0.05, 0.1) is 0 Å². The van der Waals surface area contributed by atoms with E-state index in [0.29, 0.717) is 19.0 Å².